The highest BCUT2D eigenvalue weighted by Crippen LogP contribution is 2.06. The van der Waals surface area contributed by atoms with Gasteiger partial charge in [0.05, 0.1) is 6.21 Å². The zero-order chi connectivity index (χ0) is 12.8. The molecule has 0 aliphatic heterocycles. The Bertz CT molecular complexity index is 529. The van der Waals surface area contributed by atoms with E-state index in [4.69, 9.17) is 4.84 Å². The molecule has 0 aliphatic carbocycles. The first-order chi connectivity index (χ1) is 8.75. The Morgan fingerprint density at radius 2 is 1.72 bits per heavy atom. The lowest BCUT2D eigenvalue weighted by Gasteiger charge is -2.01. The standard InChI is InChI=1S/C16H17NO/c1-13-7-9-15(10-8-13)12-18-17-11-16-6-4-3-5-14(16)2/h3-11H,12H2,1-2H3. The van der Waals surface area contributed by atoms with E-state index < -0.39 is 0 Å². The van der Waals surface area contributed by atoms with Crippen LogP contribution >= 0.6 is 0 Å². The zero-order valence-corrected chi connectivity index (χ0v) is 10.8. The number of hydrogen-bond acceptors (Lipinski definition) is 2. The van der Waals surface area contributed by atoms with Crippen LogP contribution in [0.5, 0.6) is 0 Å². The predicted molar refractivity (Wildman–Crippen MR) is 74.7 cm³/mol. The van der Waals surface area contributed by atoms with Crippen molar-refractivity contribution in [3.63, 3.8) is 0 Å². The number of hydrogen-bond donors (Lipinski definition) is 0. The molecule has 0 spiro atoms. The van der Waals surface area contributed by atoms with E-state index >= 15 is 0 Å². The van der Waals surface area contributed by atoms with Gasteiger partial charge in [0.2, 0.25) is 0 Å². The summed E-state index contributed by atoms with van der Waals surface area (Å²) in [7, 11) is 0. The fourth-order valence-corrected chi connectivity index (χ4v) is 1.62. The van der Waals surface area contributed by atoms with Crippen molar-refractivity contribution in [2.75, 3.05) is 0 Å². The van der Waals surface area contributed by atoms with E-state index in [0.717, 1.165) is 11.1 Å². The second kappa shape index (κ2) is 6.01. The van der Waals surface area contributed by atoms with E-state index in [1.807, 2.05) is 18.2 Å². The molecule has 2 rings (SSSR count). The summed E-state index contributed by atoms with van der Waals surface area (Å²) in [5.74, 6) is 0. The van der Waals surface area contributed by atoms with Crippen molar-refractivity contribution in [3.8, 4) is 0 Å². The number of oxime groups is 1. The molecule has 92 valence electrons. The van der Waals surface area contributed by atoms with Gasteiger partial charge in [0.1, 0.15) is 6.61 Å². The quantitative estimate of drug-likeness (QED) is 0.586. The lowest BCUT2D eigenvalue weighted by atomic mass is 10.1. The van der Waals surface area contributed by atoms with Gasteiger partial charge in [0, 0.05) is 0 Å². The largest absolute Gasteiger partial charge is 0.391 e. The Morgan fingerprint density at radius 1 is 1.00 bits per heavy atom. The summed E-state index contributed by atoms with van der Waals surface area (Å²) in [5, 5.41) is 4.00. The minimum atomic E-state index is 0.503. The highest BCUT2D eigenvalue weighted by Gasteiger charge is 1.93. The molecule has 18 heavy (non-hydrogen) atoms. The topological polar surface area (TPSA) is 21.6 Å². The summed E-state index contributed by atoms with van der Waals surface area (Å²) in [6, 6.07) is 16.3. The smallest absolute Gasteiger partial charge is 0.142 e. The monoisotopic (exact) mass is 239 g/mol. The lowest BCUT2D eigenvalue weighted by Crippen LogP contribution is -1.90. The minimum absolute atomic E-state index is 0.503. The molecule has 0 fully saturated rings. The highest BCUT2D eigenvalue weighted by molar-refractivity contribution is 5.81. The molecule has 0 radical (unpaired) electrons. The van der Waals surface area contributed by atoms with Gasteiger partial charge >= 0.3 is 0 Å². The van der Waals surface area contributed by atoms with Crippen LogP contribution in [0.15, 0.2) is 53.7 Å². The van der Waals surface area contributed by atoms with Crippen LogP contribution in [0.25, 0.3) is 0 Å². The van der Waals surface area contributed by atoms with Crippen LogP contribution in [0.4, 0.5) is 0 Å². The molecule has 2 aromatic rings. The van der Waals surface area contributed by atoms with Crippen LogP contribution in [-0.4, -0.2) is 6.21 Å². The molecule has 0 bridgehead atoms. The van der Waals surface area contributed by atoms with E-state index in [1.165, 1.54) is 11.1 Å². The fourth-order valence-electron chi connectivity index (χ4n) is 1.62. The Hall–Kier alpha value is -2.09. The van der Waals surface area contributed by atoms with Crippen molar-refractivity contribution < 1.29 is 4.84 Å². The summed E-state index contributed by atoms with van der Waals surface area (Å²) < 4.78 is 0. The first kappa shape index (κ1) is 12.4. The summed E-state index contributed by atoms with van der Waals surface area (Å²) in [6.45, 7) is 4.63. The maximum absolute atomic E-state index is 5.29. The first-order valence-corrected chi connectivity index (χ1v) is 6.02. The van der Waals surface area contributed by atoms with E-state index in [0.29, 0.717) is 6.61 Å². The molecule has 2 aromatic carbocycles. The highest BCUT2D eigenvalue weighted by atomic mass is 16.6. The summed E-state index contributed by atoms with van der Waals surface area (Å²) in [5.41, 5.74) is 4.66. The van der Waals surface area contributed by atoms with Crippen molar-refractivity contribution in [1.29, 1.82) is 0 Å². The van der Waals surface area contributed by atoms with E-state index in [9.17, 15) is 0 Å². The fraction of sp³-hybridized carbons (Fsp3) is 0.188. The molecule has 0 aliphatic rings. The third-order valence-electron chi connectivity index (χ3n) is 2.81. The van der Waals surface area contributed by atoms with E-state index in [2.05, 4.69) is 49.3 Å². The van der Waals surface area contributed by atoms with Crippen LogP contribution in [-0.2, 0) is 11.4 Å². The Balaban J connectivity index is 1.89. The summed E-state index contributed by atoms with van der Waals surface area (Å²) in [4.78, 5) is 5.29. The van der Waals surface area contributed by atoms with Gasteiger partial charge in [0.15, 0.2) is 0 Å². The number of aryl methyl sites for hydroxylation is 2. The first-order valence-electron chi connectivity index (χ1n) is 6.02. The average Bonchev–Trinajstić information content (AvgIpc) is 2.39. The van der Waals surface area contributed by atoms with Gasteiger partial charge < -0.3 is 4.84 Å². The number of benzene rings is 2. The molecule has 2 nitrogen and oxygen atoms in total. The van der Waals surface area contributed by atoms with Gasteiger partial charge in [-0.05, 0) is 30.5 Å². The van der Waals surface area contributed by atoms with Crippen molar-refractivity contribution in [2.45, 2.75) is 20.5 Å². The van der Waals surface area contributed by atoms with Crippen molar-refractivity contribution >= 4 is 6.21 Å². The second-order valence-electron chi connectivity index (χ2n) is 4.35. The van der Waals surface area contributed by atoms with E-state index in [-0.39, 0.29) is 0 Å². The van der Waals surface area contributed by atoms with Gasteiger partial charge in [-0.3, -0.25) is 0 Å². The molecule has 0 N–H and O–H groups in total. The SMILES string of the molecule is Cc1ccc(CON=Cc2ccccc2C)cc1. The van der Waals surface area contributed by atoms with Crippen LogP contribution in [0, 0.1) is 13.8 Å². The zero-order valence-electron chi connectivity index (χ0n) is 10.8. The molecular weight excluding hydrogens is 222 g/mol. The second-order valence-corrected chi connectivity index (χ2v) is 4.35. The van der Waals surface area contributed by atoms with Gasteiger partial charge in [-0.2, -0.15) is 0 Å². The van der Waals surface area contributed by atoms with Crippen LogP contribution in [0.1, 0.15) is 22.3 Å². The normalized spacial score (nSPS) is 10.8. The van der Waals surface area contributed by atoms with E-state index in [1.54, 1.807) is 6.21 Å². The lowest BCUT2D eigenvalue weighted by molar-refractivity contribution is 0.132. The maximum atomic E-state index is 5.29. The van der Waals surface area contributed by atoms with Gasteiger partial charge in [0.25, 0.3) is 0 Å². The molecule has 0 atom stereocenters. The van der Waals surface area contributed by atoms with Crippen molar-refractivity contribution in [1.82, 2.24) is 0 Å². The van der Waals surface area contributed by atoms with Crippen molar-refractivity contribution in [3.05, 3.63) is 70.8 Å². The molecule has 0 aromatic heterocycles. The van der Waals surface area contributed by atoms with Gasteiger partial charge in [-0.1, -0.05) is 59.3 Å². The Labute approximate surface area is 108 Å². The number of nitrogens with zero attached hydrogens (tertiary/aromatic N) is 1. The predicted octanol–water partition coefficient (Wildman–Crippen LogP) is 3.85. The average molecular weight is 239 g/mol. The van der Waals surface area contributed by atoms with Crippen LogP contribution in [0.3, 0.4) is 0 Å². The molecule has 0 amide bonds. The summed E-state index contributed by atoms with van der Waals surface area (Å²) in [6.07, 6.45) is 1.75. The Morgan fingerprint density at radius 3 is 2.44 bits per heavy atom. The third-order valence-corrected chi connectivity index (χ3v) is 2.81. The van der Waals surface area contributed by atoms with Crippen LogP contribution < -0.4 is 0 Å². The molecule has 0 saturated heterocycles. The molecular formula is C16H17NO. The van der Waals surface area contributed by atoms with Crippen LogP contribution in [0.2, 0.25) is 0 Å². The number of rotatable bonds is 4. The molecule has 0 unspecified atom stereocenters. The Kier molecular flexibility index (Phi) is 4.13. The molecule has 2 heteroatoms. The molecule has 0 heterocycles. The summed E-state index contributed by atoms with van der Waals surface area (Å²) >= 11 is 0. The van der Waals surface area contributed by atoms with Gasteiger partial charge in [-0.25, -0.2) is 0 Å². The third kappa shape index (κ3) is 3.45. The maximum Gasteiger partial charge on any atom is 0.142 e. The van der Waals surface area contributed by atoms with Gasteiger partial charge in [-0.15, -0.1) is 0 Å². The molecule has 0 saturated carbocycles. The van der Waals surface area contributed by atoms with Crippen molar-refractivity contribution in [2.24, 2.45) is 5.16 Å². The minimum Gasteiger partial charge on any atom is -0.391 e.